The molecular formula is C13H17ClN4O. The van der Waals surface area contributed by atoms with Crippen molar-refractivity contribution in [3.05, 3.63) is 23.5 Å². The molecule has 0 spiro atoms. The van der Waals surface area contributed by atoms with E-state index in [1.165, 1.54) is 6.42 Å². The second-order valence-corrected chi connectivity index (χ2v) is 5.24. The normalized spacial score (nSPS) is 19.8. The molecule has 1 atom stereocenters. The number of nitrogens with zero attached hydrogens (tertiary/aromatic N) is 2. The lowest BCUT2D eigenvalue weighted by atomic mass is 10.1. The molecule has 2 aromatic rings. The van der Waals surface area contributed by atoms with Crippen molar-refractivity contribution in [1.29, 1.82) is 0 Å². The number of piperidine rings is 1. The Labute approximate surface area is 116 Å². The van der Waals surface area contributed by atoms with Crippen molar-refractivity contribution in [2.45, 2.75) is 25.6 Å². The molecule has 0 amide bonds. The molecule has 1 aliphatic rings. The Morgan fingerprint density at radius 2 is 2.47 bits per heavy atom. The highest BCUT2D eigenvalue weighted by Gasteiger charge is 2.16. The average molecular weight is 281 g/mol. The molecule has 0 aromatic carbocycles. The second-order valence-electron chi connectivity index (χ2n) is 4.83. The molecule has 2 aromatic heterocycles. The Bertz CT molecular complexity index is 577. The van der Waals surface area contributed by atoms with Gasteiger partial charge in [-0.05, 0) is 25.5 Å². The van der Waals surface area contributed by atoms with Gasteiger partial charge >= 0.3 is 0 Å². The van der Waals surface area contributed by atoms with Crippen LogP contribution < -0.4 is 10.6 Å². The summed E-state index contributed by atoms with van der Waals surface area (Å²) in [4.78, 5) is 4.29. The molecule has 0 unspecified atom stereocenters. The molecule has 5 nitrogen and oxygen atoms in total. The number of aromatic nitrogens is 2. The molecule has 3 rings (SSSR count). The summed E-state index contributed by atoms with van der Waals surface area (Å²) in [6.07, 6.45) is 5.78. The molecule has 3 heterocycles. The highest BCUT2D eigenvalue weighted by molar-refractivity contribution is 6.36. The minimum atomic E-state index is -0.120. The Morgan fingerprint density at radius 1 is 1.58 bits per heavy atom. The third-order valence-electron chi connectivity index (χ3n) is 3.52. The van der Waals surface area contributed by atoms with Crippen LogP contribution in [0.5, 0.6) is 0 Å². The van der Waals surface area contributed by atoms with E-state index in [1.807, 2.05) is 6.07 Å². The zero-order valence-corrected chi connectivity index (χ0v) is 11.3. The van der Waals surface area contributed by atoms with Crippen molar-refractivity contribution >= 4 is 28.3 Å². The smallest absolute Gasteiger partial charge is 0.145 e. The summed E-state index contributed by atoms with van der Waals surface area (Å²) in [5.41, 5.74) is 1.69. The number of nitrogens with one attached hydrogen (secondary N) is 2. The highest BCUT2D eigenvalue weighted by atomic mass is 35.5. The van der Waals surface area contributed by atoms with E-state index < -0.39 is 0 Å². The van der Waals surface area contributed by atoms with Crippen LogP contribution in [0.4, 0.5) is 5.69 Å². The SMILES string of the molecule is OCn1cc(Cl)c2c(N[C@@H]3CCCNC3)ccnc21. The van der Waals surface area contributed by atoms with Crippen molar-refractivity contribution < 1.29 is 5.11 Å². The molecule has 1 fully saturated rings. The van der Waals surface area contributed by atoms with Gasteiger partial charge in [0.2, 0.25) is 0 Å². The first-order chi connectivity index (χ1) is 9.29. The van der Waals surface area contributed by atoms with Crippen LogP contribution in [0.25, 0.3) is 11.0 Å². The highest BCUT2D eigenvalue weighted by Crippen LogP contribution is 2.31. The summed E-state index contributed by atoms with van der Waals surface area (Å²) >= 11 is 6.25. The zero-order chi connectivity index (χ0) is 13.2. The fraction of sp³-hybridized carbons (Fsp3) is 0.462. The van der Waals surface area contributed by atoms with Gasteiger partial charge in [0.05, 0.1) is 10.4 Å². The van der Waals surface area contributed by atoms with Gasteiger partial charge in [0, 0.05) is 30.7 Å². The largest absolute Gasteiger partial charge is 0.380 e. The predicted octanol–water partition coefficient (Wildman–Crippen LogP) is 1.80. The molecule has 1 saturated heterocycles. The lowest BCUT2D eigenvalue weighted by Gasteiger charge is -2.25. The minimum absolute atomic E-state index is 0.120. The third-order valence-corrected chi connectivity index (χ3v) is 3.81. The van der Waals surface area contributed by atoms with Crippen molar-refractivity contribution in [2.24, 2.45) is 0 Å². The molecule has 3 N–H and O–H groups in total. The van der Waals surface area contributed by atoms with Gasteiger partial charge in [-0.2, -0.15) is 0 Å². The van der Waals surface area contributed by atoms with Crippen molar-refractivity contribution in [1.82, 2.24) is 14.9 Å². The van der Waals surface area contributed by atoms with E-state index in [-0.39, 0.29) is 6.73 Å². The van der Waals surface area contributed by atoms with E-state index in [1.54, 1.807) is 17.0 Å². The van der Waals surface area contributed by atoms with Gasteiger partial charge in [0.25, 0.3) is 0 Å². The summed E-state index contributed by atoms with van der Waals surface area (Å²) in [6, 6.07) is 2.35. The van der Waals surface area contributed by atoms with Crippen LogP contribution in [0.2, 0.25) is 5.02 Å². The maximum absolute atomic E-state index is 9.30. The fourth-order valence-electron chi connectivity index (χ4n) is 2.59. The third kappa shape index (κ3) is 2.41. The number of pyridine rings is 1. The van der Waals surface area contributed by atoms with Gasteiger partial charge in [-0.25, -0.2) is 4.98 Å². The van der Waals surface area contributed by atoms with Crippen molar-refractivity contribution in [3.8, 4) is 0 Å². The lowest BCUT2D eigenvalue weighted by molar-refractivity contribution is 0.215. The summed E-state index contributed by atoms with van der Waals surface area (Å²) in [5, 5.41) is 17.7. The molecule has 0 bridgehead atoms. The number of hydrogen-bond acceptors (Lipinski definition) is 4. The van der Waals surface area contributed by atoms with E-state index in [0.29, 0.717) is 16.7 Å². The number of hydrogen-bond donors (Lipinski definition) is 3. The Morgan fingerprint density at radius 3 is 3.21 bits per heavy atom. The second kappa shape index (κ2) is 5.36. The number of aliphatic hydroxyl groups excluding tert-OH is 1. The predicted molar refractivity (Wildman–Crippen MR) is 76.5 cm³/mol. The van der Waals surface area contributed by atoms with Crippen LogP contribution >= 0.6 is 11.6 Å². The fourth-order valence-corrected chi connectivity index (χ4v) is 2.89. The van der Waals surface area contributed by atoms with Crippen LogP contribution in [0.3, 0.4) is 0 Å². The summed E-state index contributed by atoms with van der Waals surface area (Å²) in [7, 11) is 0. The van der Waals surface area contributed by atoms with Crippen molar-refractivity contribution in [3.63, 3.8) is 0 Å². The van der Waals surface area contributed by atoms with Gasteiger partial charge in [-0.3, -0.25) is 0 Å². The van der Waals surface area contributed by atoms with E-state index in [0.717, 1.165) is 30.6 Å². The first kappa shape index (κ1) is 12.7. The monoisotopic (exact) mass is 280 g/mol. The Kier molecular flexibility index (Phi) is 3.59. The molecular weight excluding hydrogens is 264 g/mol. The number of halogens is 1. The topological polar surface area (TPSA) is 62.1 Å². The van der Waals surface area contributed by atoms with Crippen LogP contribution in [0, 0.1) is 0 Å². The quantitative estimate of drug-likeness (QED) is 0.802. The van der Waals surface area contributed by atoms with Gasteiger partial charge in [0.15, 0.2) is 0 Å². The molecule has 0 saturated carbocycles. The van der Waals surface area contributed by atoms with Gasteiger partial charge < -0.3 is 20.3 Å². The molecule has 19 heavy (non-hydrogen) atoms. The number of aliphatic hydroxyl groups is 1. The molecule has 0 aliphatic carbocycles. The lowest BCUT2D eigenvalue weighted by Crippen LogP contribution is -2.38. The first-order valence-corrected chi connectivity index (χ1v) is 6.89. The molecule has 6 heteroatoms. The van der Waals surface area contributed by atoms with Crippen LogP contribution in [0.1, 0.15) is 12.8 Å². The van der Waals surface area contributed by atoms with Crippen LogP contribution in [-0.2, 0) is 6.73 Å². The van der Waals surface area contributed by atoms with Crippen LogP contribution in [0.15, 0.2) is 18.5 Å². The maximum atomic E-state index is 9.30. The average Bonchev–Trinajstić information content (AvgIpc) is 2.78. The van der Waals surface area contributed by atoms with E-state index >= 15 is 0 Å². The number of anilines is 1. The van der Waals surface area contributed by atoms with Gasteiger partial charge in [-0.1, -0.05) is 11.6 Å². The number of fused-ring (bicyclic) bond motifs is 1. The number of rotatable bonds is 3. The molecule has 0 radical (unpaired) electrons. The Balaban J connectivity index is 1.96. The maximum Gasteiger partial charge on any atom is 0.145 e. The minimum Gasteiger partial charge on any atom is -0.380 e. The van der Waals surface area contributed by atoms with Crippen molar-refractivity contribution in [2.75, 3.05) is 18.4 Å². The summed E-state index contributed by atoms with van der Waals surface area (Å²) in [5.74, 6) is 0. The van der Waals surface area contributed by atoms with E-state index in [9.17, 15) is 5.11 Å². The first-order valence-electron chi connectivity index (χ1n) is 6.51. The van der Waals surface area contributed by atoms with Gasteiger partial charge in [-0.15, -0.1) is 0 Å². The summed E-state index contributed by atoms with van der Waals surface area (Å²) in [6.45, 7) is 1.93. The zero-order valence-electron chi connectivity index (χ0n) is 10.6. The molecule has 1 aliphatic heterocycles. The summed E-state index contributed by atoms with van der Waals surface area (Å²) < 4.78 is 1.64. The van der Waals surface area contributed by atoms with Crippen LogP contribution in [-0.4, -0.2) is 33.8 Å². The van der Waals surface area contributed by atoms with E-state index in [4.69, 9.17) is 11.6 Å². The standard InChI is InChI=1S/C13H17ClN4O/c14-10-7-18(8-19)13-12(10)11(3-5-16-13)17-9-2-1-4-15-6-9/h3,5,7,9,15,19H,1-2,4,6,8H2,(H,16,17)/t9-/m1/s1. The van der Waals surface area contributed by atoms with Gasteiger partial charge in [0.1, 0.15) is 12.4 Å². The molecule has 102 valence electrons. The van der Waals surface area contributed by atoms with E-state index in [2.05, 4.69) is 15.6 Å². The Hall–Kier alpha value is -1.30.